The van der Waals surface area contributed by atoms with Crippen molar-refractivity contribution in [3.8, 4) is 6.07 Å². The number of esters is 2. The van der Waals surface area contributed by atoms with Crippen LogP contribution >= 0.6 is 0 Å². The van der Waals surface area contributed by atoms with Crippen LogP contribution in [0.2, 0.25) is 0 Å². The Hall–Kier alpha value is -2.35. The second kappa shape index (κ2) is 5.66. The van der Waals surface area contributed by atoms with Crippen molar-refractivity contribution < 1.29 is 19.1 Å². The van der Waals surface area contributed by atoms with E-state index in [9.17, 15) is 9.59 Å². The van der Waals surface area contributed by atoms with Gasteiger partial charge in [-0.25, -0.2) is 4.79 Å². The molecule has 0 spiro atoms. The summed E-state index contributed by atoms with van der Waals surface area (Å²) in [4.78, 5) is 21.9. The SMILES string of the molecule is COC(=O)c1ccc(C(C#N)OC(C)=O)cc1. The Labute approximate surface area is 98.6 Å². The second-order valence-corrected chi connectivity index (χ2v) is 3.23. The number of ether oxygens (including phenoxy) is 2. The lowest BCUT2D eigenvalue weighted by Crippen LogP contribution is -2.07. The Balaban J connectivity index is 2.89. The Bertz CT molecular complexity index is 458. The molecule has 1 unspecified atom stereocenters. The lowest BCUT2D eigenvalue weighted by Gasteiger charge is -2.09. The highest BCUT2D eigenvalue weighted by atomic mass is 16.5. The van der Waals surface area contributed by atoms with Gasteiger partial charge in [0.25, 0.3) is 0 Å². The summed E-state index contributed by atoms with van der Waals surface area (Å²) in [5.74, 6) is -0.994. The summed E-state index contributed by atoms with van der Waals surface area (Å²) >= 11 is 0. The molecule has 1 aromatic rings. The van der Waals surface area contributed by atoms with E-state index in [0.717, 1.165) is 0 Å². The van der Waals surface area contributed by atoms with Crippen molar-refractivity contribution >= 4 is 11.9 Å². The van der Waals surface area contributed by atoms with E-state index >= 15 is 0 Å². The number of benzene rings is 1. The molecule has 0 N–H and O–H groups in total. The topological polar surface area (TPSA) is 76.4 Å². The molecule has 0 amide bonds. The molecule has 0 aliphatic heterocycles. The van der Waals surface area contributed by atoms with E-state index in [2.05, 4.69) is 4.74 Å². The monoisotopic (exact) mass is 233 g/mol. The van der Waals surface area contributed by atoms with Gasteiger partial charge >= 0.3 is 11.9 Å². The van der Waals surface area contributed by atoms with Crippen LogP contribution in [0.4, 0.5) is 0 Å². The van der Waals surface area contributed by atoms with Gasteiger partial charge < -0.3 is 9.47 Å². The normalized spacial score (nSPS) is 11.1. The summed E-state index contributed by atoms with van der Waals surface area (Å²) < 4.78 is 9.33. The molecule has 1 aromatic carbocycles. The van der Waals surface area contributed by atoms with Crippen LogP contribution in [-0.4, -0.2) is 19.0 Å². The van der Waals surface area contributed by atoms with Crippen molar-refractivity contribution in [3.05, 3.63) is 35.4 Å². The zero-order valence-corrected chi connectivity index (χ0v) is 9.47. The summed E-state index contributed by atoms with van der Waals surface area (Å²) in [6.45, 7) is 1.23. The second-order valence-electron chi connectivity index (χ2n) is 3.23. The van der Waals surface area contributed by atoms with Crippen LogP contribution in [-0.2, 0) is 14.3 Å². The Morgan fingerprint density at radius 3 is 2.29 bits per heavy atom. The van der Waals surface area contributed by atoms with Crippen LogP contribution in [0.1, 0.15) is 28.9 Å². The van der Waals surface area contributed by atoms with E-state index in [-0.39, 0.29) is 0 Å². The maximum Gasteiger partial charge on any atom is 0.337 e. The number of hydrogen-bond acceptors (Lipinski definition) is 5. The van der Waals surface area contributed by atoms with Crippen molar-refractivity contribution in [2.24, 2.45) is 0 Å². The number of rotatable bonds is 3. The summed E-state index contributed by atoms with van der Waals surface area (Å²) in [7, 11) is 1.28. The summed E-state index contributed by atoms with van der Waals surface area (Å²) in [5, 5.41) is 8.83. The molecule has 0 fully saturated rings. The minimum absolute atomic E-state index is 0.371. The first-order valence-corrected chi connectivity index (χ1v) is 4.83. The number of nitriles is 1. The molecule has 17 heavy (non-hydrogen) atoms. The van der Waals surface area contributed by atoms with Crippen molar-refractivity contribution in [2.75, 3.05) is 7.11 Å². The fourth-order valence-electron chi connectivity index (χ4n) is 1.25. The van der Waals surface area contributed by atoms with Gasteiger partial charge in [0, 0.05) is 12.5 Å². The molecule has 5 heteroatoms. The third-order valence-corrected chi connectivity index (χ3v) is 2.04. The van der Waals surface area contributed by atoms with Crippen molar-refractivity contribution in [2.45, 2.75) is 13.0 Å². The number of carbonyl (C=O) groups excluding carboxylic acids is 2. The summed E-state index contributed by atoms with van der Waals surface area (Å²) in [5.41, 5.74) is 0.881. The van der Waals surface area contributed by atoms with Gasteiger partial charge in [0.1, 0.15) is 6.07 Å². The third-order valence-electron chi connectivity index (χ3n) is 2.04. The molecule has 0 aromatic heterocycles. The van der Waals surface area contributed by atoms with E-state index in [1.165, 1.54) is 26.2 Å². The van der Waals surface area contributed by atoms with Gasteiger partial charge in [0.05, 0.1) is 12.7 Å². The minimum Gasteiger partial charge on any atom is -0.465 e. The van der Waals surface area contributed by atoms with Crippen LogP contribution in [0.5, 0.6) is 0 Å². The number of nitrogens with zero attached hydrogens (tertiary/aromatic N) is 1. The Morgan fingerprint density at radius 2 is 1.88 bits per heavy atom. The molecule has 0 bridgehead atoms. The fraction of sp³-hybridized carbons (Fsp3) is 0.250. The van der Waals surface area contributed by atoms with Gasteiger partial charge in [-0.15, -0.1) is 0 Å². The number of methoxy groups -OCH3 is 1. The van der Waals surface area contributed by atoms with Crippen LogP contribution in [0, 0.1) is 11.3 Å². The Morgan fingerprint density at radius 1 is 1.29 bits per heavy atom. The molecular weight excluding hydrogens is 222 g/mol. The fourth-order valence-corrected chi connectivity index (χ4v) is 1.25. The predicted molar refractivity (Wildman–Crippen MR) is 57.9 cm³/mol. The molecule has 0 aliphatic carbocycles. The number of hydrogen-bond donors (Lipinski definition) is 0. The minimum atomic E-state index is -0.959. The van der Waals surface area contributed by atoms with Gasteiger partial charge in [-0.3, -0.25) is 4.79 Å². The van der Waals surface area contributed by atoms with E-state index in [4.69, 9.17) is 10.00 Å². The molecule has 0 aliphatic rings. The lowest BCUT2D eigenvalue weighted by atomic mass is 10.1. The first kappa shape index (κ1) is 12.7. The highest BCUT2D eigenvalue weighted by molar-refractivity contribution is 5.89. The molecule has 88 valence electrons. The van der Waals surface area contributed by atoms with Crippen molar-refractivity contribution in [1.82, 2.24) is 0 Å². The van der Waals surface area contributed by atoms with Crippen LogP contribution < -0.4 is 0 Å². The van der Waals surface area contributed by atoms with E-state index in [1.807, 2.05) is 6.07 Å². The average Bonchev–Trinajstić information content (AvgIpc) is 2.35. The average molecular weight is 233 g/mol. The van der Waals surface area contributed by atoms with E-state index in [1.54, 1.807) is 12.1 Å². The lowest BCUT2D eigenvalue weighted by molar-refractivity contribution is -0.144. The maximum absolute atomic E-state index is 11.2. The third kappa shape index (κ3) is 3.31. The van der Waals surface area contributed by atoms with Crippen LogP contribution in [0.3, 0.4) is 0 Å². The Kier molecular flexibility index (Phi) is 4.23. The van der Waals surface area contributed by atoms with Gasteiger partial charge in [-0.2, -0.15) is 5.26 Å². The zero-order valence-electron chi connectivity index (χ0n) is 9.47. The molecule has 1 rings (SSSR count). The van der Waals surface area contributed by atoms with E-state index in [0.29, 0.717) is 11.1 Å². The van der Waals surface area contributed by atoms with Gasteiger partial charge in [0.2, 0.25) is 6.10 Å². The standard InChI is InChI=1S/C12H11NO4/c1-8(14)17-11(7-13)9-3-5-10(6-4-9)12(15)16-2/h3-6,11H,1-2H3. The zero-order chi connectivity index (χ0) is 12.8. The smallest absolute Gasteiger partial charge is 0.337 e. The summed E-state index contributed by atoms with van der Waals surface area (Å²) in [6.07, 6.45) is -0.959. The van der Waals surface area contributed by atoms with Gasteiger partial charge in [-0.1, -0.05) is 12.1 Å². The van der Waals surface area contributed by atoms with Crippen LogP contribution in [0.25, 0.3) is 0 Å². The maximum atomic E-state index is 11.2. The molecule has 1 atom stereocenters. The molecule has 0 heterocycles. The van der Waals surface area contributed by atoms with Gasteiger partial charge in [0.15, 0.2) is 0 Å². The van der Waals surface area contributed by atoms with Gasteiger partial charge in [-0.05, 0) is 12.1 Å². The molecule has 0 saturated heterocycles. The first-order chi connectivity index (χ1) is 8.08. The largest absolute Gasteiger partial charge is 0.465 e. The highest BCUT2D eigenvalue weighted by Gasteiger charge is 2.14. The van der Waals surface area contributed by atoms with Crippen molar-refractivity contribution in [3.63, 3.8) is 0 Å². The van der Waals surface area contributed by atoms with Crippen molar-refractivity contribution in [1.29, 1.82) is 5.26 Å². The molecule has 0 radical (unpaired) electrons. The highest BCUT2D eigenvalue weighted by Crippen LogP contribution is 2.17. The predicted octanol–water partition coefficient (Wildman–Crippen LogP) is 1.60. The number of carbonyl (C=O) groups is 2. The quantitative estimate of drug-likeness (QED) is 0.741. The van der Waals surface area contributed by atoms with Crippen LogP contribution in [0.15, 0.2) is 24.3 Å². The molecule has 0 saturated carbocycles. The molecule has 5 nitrogen and oxygen atoms in total. The van der Waals surface area contributed by atoms with E-state index < -0.39 is 18.0 Å². The molecular formula is C12H11NO4. The summed E-state index contributed by atoms with van der Waals surface area (Å²) in [6, 6.07) is 7.96. The first-order valence-electron chi connectivity index (χ1n) is 4.83.